The molecule has 336 valence electrons. The van der Waals surface area contributed by atoms with E-state index in [0.717, 1.165) is 19.3 Å². The maximum atomic E-state index is 12.9. The summed E-state index contributed by atoms with van der Waals surface area (Å²) in [6.07, 6.45) is 16.3. The van der Waals surface area contributed by atoms with E-state index in [-0.39, 0.29) is 42.2 Å². The second-order valence-corrected chi connectivity index (χ2v) is 15.4. The van der Waals surface area contributed by atoms with Gasteiger partial charge in [-0.15, -0.1) is 0 Å². The molecule has 19 heteroatoms. The molecule has 3 amide bonds. The number of aromatic nitrogens is 4. The highest BCUT2D eigenvalue weighted by Crippen LogP contribution is 2.19. The third-order valence-corrected chi connectivity index (χ3v) is 10.2. The zero-order valence-corrected chi connectivity index (χ0v) is 35.5. The predicted octanol–water partition coefficient (Wildman–Crippen LogP) is 3.16. The van der Waals surface area contributed by atoms with Gasteiger partial charge in [0, 0.05) is 31.1 Å². The van der Waals surface area contributed by atoms with Gasteiger partial charge in [0.05, 0.1) is 38.2 Å². The summed E-state index contributed by atoms with van der Waals surface area (Å²) >= 11 is 0. The zero-order chi connectivity index (χ0) is 44.6. The predicted molar refractivity (Wildman–Crippen MR) is 230 cm³/mol. The van der Waals surface area contributed by atoms with Crippen LogP contribution in [0, 0.1) is 0 Å². The summed E-state index contributed by atoms with van der Waals surface area (Å²) in [6.45, 7) is 0.0284. The molecule has 2 aromatic heterocycles. The minimum Gasteiger partial charge on any atom is -0.480 e. The lowest BCUT2D eigenvalue weighted by atomic mass is 10.0. The molecule has 0 saturated carbocycles. The van der Waals surface area contributed by atoms with Gasteiger partial charge in [-0.25, -0.2) is 14.8 Å². The van der Waals surface area contributed by atoms with Crippen LogP contribution in [0.3, 0.4) is 0 Å². The Morgan fingerprint density at radius 3 is 2.02 bits per heavy atom. The number of rotatable bonds is 30. The van der Waals surface area contributed by atoms with Crippen LogP contribution >= 0.6 is 0 Å². The van der Waals surface area contributed by atoms with Crippen LogP contribution in [-0.4, -0.2) is 110 Å². The zero-order valence-electron chi connectivity index (χ0n) is 35.5. The first kappa shape index (κ1) is 49.7. The van der Waals surface area contributed by atoms with E-state index in [1.54, 1.807) is 19.2 Å². The number of hydrogen-bond acceptors (Lipinski definition) is 15. The molecule has 0 radical (unpaired) electrons. The highest BCUT2D eigenvalue weighted by molar-refractivity contribution is 5.97. The van der Waals surface area contributed by atoms with Crippen molar-refractivity contribution in [1.29, 1.82) is 0 Å². The molecule has 0 saturated heterocycles. The van der Waals surface area contributed by atoms with Gasteiger partial charge < -0.3 is 52.4 Å². The van der Waals surface area contributed by atoms with Gasteiger partial charge in [0.2, 0.25) is 17.8 Å². The number of nitrogen functional groups attached to an aromatic ring is 2. The Hall–Kier alpha value is -5.69. The van der Waals surface area contributed by atoms with Gasteiger partial charge in [0.15, 0.2) is 17.0 Å². The minimum atomic E-state index is -1.67. The van der Waals surface area contributed by atoms with Crippen molar-refractivity contribution < 1.29 is 44.0 Å². The van der Waals surface area contributed by atoms with Crippen LogP contribution in [0.1, 0.15) is 126 Å². The Bertz CT molecular complexity index is 1860. The van der Waals surface area contributed by atoms with E-state index < -0.39 is 67.6 Å². The number of hydrogen-bond donors (Lipinski definition) is 8. The molecule has 0 aliphatic carbocycles. The molecule has 1 aromatic carbocycles. The van der Waals surface area contributed by atoms with E-state index in [4.69, 9.17) is 16.2 Å². The normalized spacial score (nSPS) is 11.8. The minimum absolute atomic E-state index is 0.00936. The van der Waals surface area contributed by atoms with E-state index in [9.17, 15) is 39.3 Å². The van der Waals surface area contributed by atoms with Crippen LogP contribution < -0.4 is 32.3 Å². The fraction of sp³-hybridized carbons (Fsp3) is 0.595. The SMILES string of the molecule is CCCCCCCCCCCCCCCC(=O)OCC(CO)(CO)NC(=O)CNC(=O)CCC(NC(=O)c1ccc(N(C)Cc2cnc3nc(N)nc(N)c3n2)cc1)C(=O)O. The molecule has 0 fully saturated rings. The van der Waals surface area contributed by atoms with Gasteiger partial charge in [-0.2, -0.15) is 9.97 Å². The Morgan fingerprint density at radius 1 is 0.820 bits per heavy atom. The Morgan fingerprint density at radius 2 is 1.43 bits per heavy atom. The summed E-state index contributed by atoms with van der Waals surface area (Å²) in [5, 5.41) is 36.8. The second kappa shape index (κ2) is 26.5. The number of aliphatic hydroxyl groups is 2. The average Bonchev–Trinajstić information content (AvgIpc) is 3.24. The van der Waals surface area contributed by atoms with Gasteiger partial charge in [0.1, 0.15) is 18.2 Å². The lowest BCUT2D eigenvalue weighted by molar-refractivity contribution is -0.149. The molecule has 10 N–H and O–H groups in total. The van der Waals surface area contributed by atoms with Gasteiger partial charge in [-0.3, -0.25) is 19.2 Å². The van der Waals surface area contributed by atoms with Gasteiger partial charge in [-0.1, -0.05) is 84.0 Å². The second-order valence-electron chi connectivity index (χ2n) is 15.4. The van der Waals surface area contributed by atoms with E-state index in [2.05, 4.69) is 42.8 Å². The van der Waals surface area contributed by atoms with E-state index in [1.165, 1.54) is 76.1 Å². The molecule has 1 atom stereocenters. The molecule has 61 heavy (non-hydrogen) atoms. The van der Waals surface area contributed by atoms with Crippen molar-refractivity contribution in [2.45, 2.75) is 128 Å². The van der Waals surface area contributed by atoms with E-state index >= 15 is 0 Å². The van der Waals surface area contributed by atoms with Crippen molar-refractivity contribution in [3.8, 4) is 0 Å². The van der Waals surface area contributed by atoms with Crippen LogP contribution in [-0.2, 0) is 30.5 Å². The lowest BCUT2D eigenvalue weighted by Gasteiger charge is -2.30. The number of nitrogens with zero attached hydrogens (tertiary/aromatic N) is 5. The standard InChI is InChI=1S/C42H64N10O9/c1-3-4-5-6-7-8-9-10-11-12-13-14-15-16-35(57)61-28-42(26-53,27-54)51-34(56)24-45-33(55)22-21-32(40(59)60)48-39(58)29-17-19-31(20-18-29)52(2)25-30-23-46-38-36(47-30)37(43)49-41(44)50-38/h17-20,23,32,53-54H,3-16,21-22,24-28H2,1-2H3,(H,45,55)(H,48,58)(H,51,56)(H,59,60)(H4,43,44,46,49,50). The number of nitrogens with two attached hydrogens (primary N) is 2. The van der Waals surface area contributed by atoms with Crippen molar-refractivity contribution >= 4 is 58.3 Å². The van der Waals surface area contributed by atoms with Gasteiger partial charge in [0.25, 0.3) is 5.91 Å². The number of carboxylic acid groups (broad SMARTS) is 1. The van der Waals surface area contributed by atoms with Crippen molar-refractivity contribution in [3.63, 3.8) is 0 Å². The van der Waals surface area contributed by atoms with E-state index in [0.29, 0.717) is 29.9 Å². The summed E-state index contributed by atoms with van der Waals surface area (Å²) in [7, 11) is 1.80. The summed E-state index contributed by atoms with van der Waals surface area (Å²) in [5.74, 6) is -3.91. The number of fused-ring (bicyclic) bond motifs is 1. The number of amides is 3. The number of carbonyl (C=O) groups is 5. The van der Waals surface area contributed by atoms with Crippen molar-refractivity contribution in [3.05, 3.63) is 41.7 Å². The highest BCUT2D eigenvalue weighted by atomic mass is 16.5. The third-order valence-electron chi connectivity index (χ3n) is 10.2. The molecule has 19 nitrogen and oxygen atoms in total. The number of unbranched alkanes of at least 4 members (excludes halogenated alkanes) is 12. The topological polar surface area (TPSA) is 298 Å². The number of carbonyl (C=O) groups excluding carboxylic acids is 4. The smallest absolute Gasteiger partial charge is 0.326 e. The first-order valence-electron chi connectivity index (χ1n) is 21.1. The summed E-state index contributed by atoms with van der Waals surface area (Å²) in [5.41, 5.74) is 11.9. The fourth-order valence-electron chi connectivity index (χ4n) is 6.48. The number of benzene rings is 1. The fourth-order valence-corrected chi connectivity index (χ4v) is 6.48. The molecule has 0 spiro atoms. The Kier molecular flexibility index (Phi) is 21.6. The number of nitrogens with one attached hydrogen (secondary N) is 3. The molecule has 1 unspecified atom stereocenters. The number of anilines is 3. The largest absolute Gasteiger partial charge is 0.480 e. The monoisotopic (exact) mass is 852 g/mol. The molecular formula is C42H64N10O9. The third kappa shape index (κ3) is 17.8. The Labute approximate surface area is 356 Å². The molecule has 3 aromatic rings. The van der Waals surface area contributed by atoms with Gasteiger partial charge in [-0.05, 0) is 37.1 Å². The number of aliphatic carboxylic acids is 1. The molecule has 0 bridgehead atoms. The van der Waals surface area contributed by atoms with Crippen LogP contribution in [0.15, 0.2) is 30.5 Å². The number of carboxylic acids is 1. The van der Waals surface area contributed by atoms with Crippen molar-refractivity contribution in [2.75, 3.05) is 49.8 Å². The van der Waals surface area contributed by atoms with Crippen molar-refractivity contribution in [2.24, 2.45) is 0 Å². The molecule has 3 rings (SSSR count). The van der Waals surface area contributed by atoms with Crippen molar-refractivity contribution in [1.82, 2.24) is 35.9 Å². The lowest BCUT2D eigenvalue weighted by Crippen LogP contribution is -2.59. The maximum absolute atomic E-state index is 12.9. The maximum Gasteiger partial charge on any atom is 0.326 e. The number of esters is 1. The van der Waals surface area contributed by atoms with Crippen LogP contribution in [0.4, 0.5) is 17.5 Å². The molecule has 2 heterocycles. The molecule has 0 aliphatic rings. The number of aliphatic hydroxyl groups excluding tert-OH is 2. The highest BCUT2D eigenvalue weighted by Gasteiger charge is 2.33. The van der Waals surface area contributed by atoms with E-state index in [1.807, 2.05) is 4.90 Å². The Balaban J connectivity index is 1.35. The summed E-state index contributed by atoms with van der Waals surface area (Å²) < 4.78 is 5.26. The van der Waals surface area contributed by atoms with Gasteiger partial charge >= 0.3 is 11.9 Å². The first-order valence-corrected chi connectivity index (χ1v) is 21.1. The van der Waals surface area contributed by atoms with Crippen LogP contribution in [0.2, 0.25) is 0 Å². The van der Waals surface area contributed by atoms with Crippen LogP contribution in [0.25, 0.3) is 11.2 Å². The summed E-state index contributed by atoms with van der Waals surface area (Å²) in [6, 6.07) is 4.96. The molecule has 0 aliphatic heterocycles. The first-order chi connectivity index (χ1) is 29.3. The summed E-state index contributed by atoms with van der Waals surface area (Å²) in [4.78, 5) is 80.9. The van der Waals surface area contributed by atoms with Crippen LogP contribution in [0.5, 0.6) is 0 Å². The quantitative estimate of drug-likeness (QED) is 0.0353. The average molecular weight is 853 g/mol. The molecular weight excluding hydrogens is 789 g/mol. The number of ether oxygens (including phenoxy) is 1.